The zero-order valence-corrected chi connectivity index (χ0v) is 10.1. The summed E-state index contributed by atoms with van der Waals surface area (Å²) in [4.78, 5) is 0. The Morgan fingerprint density at radius 1 is 1.25 bits per heavy atom. The lowest BCUT2D eigenvalue weighted by atomic mass is 10.2. The maximum Gasteiger partial charge on any atom is 0.127 e. The first-order chi connectivity index (χ1) is 7.75. The highest BCUT2D eigenvalue weighted by atomic mass is 79.9. The second-order valence-corrected chi connectivity index (χ2v) is 4.33. The fourth-order valence-corrected chi connectivity index (χ4v) is 1.82. The van der Waals surface area contributed by atoms with Gasteiger partial charge in [-0.2, -0.15) is 0 Å². The van der Waals surface area contributed by atoms with Gasteiger partial charge >= 0.3 is 0 Å². The molecule has 1 aromatic heterocycles. The average molecular weight is 284 g/mol. The molecule has 1 heterocycles. The highest BCUT2D eigenvalue weighted by Gasteiger charge is 2.02. The minimum absolute atomic E-state index is 0.199. The van der Waals surface area contributed by atoms with Crippen LogP contribution in [0.3, 0.4) is 0 Å². The van der Waals surface area contributed by atoms with Crippen molar-refractivity contribution in [3.05, 3.63) is 58.2 Å². The summed E-state index contributed by atoms with van der Waals surface area (Å²) in [5.74, 6) is 0.644. The Morgan fingerprint density at radius 3 is 2.88 bits per heavy atom. The van der Waals surface area contributed by atoms with Gasteiger partial charge < -0.3 is 9.73 Å². The number of rotatable bonds is 4. The Balaban J connectivity index is 1.92. The van der Waals surface area contributed by atoms with Gasteiger partial charge in [-0.1, -0.05) is 15.9 Å². The molecule has 0 fully saturated rings. The molecule has 0 aliphatic heterocycles. The topological polar surface area (TPSA) is 25.2 Å². The van der Waals surface area contributed by atoms with Crippen LogP contribution in [0.1, 0.15) is 11.3 Å². The molecule has 84 valence electrons. The molecule has 2 nitrogen and oxygen atoms in total. The maximum absolute atomic E-state index is 13.4. The van der Waals surface area contributed by atoms with Gasteiger partial charge in [-0.25, -0.2) is 4.39 Å². The van der Waals surface area contributed by atoms with Crippen LogP contribution in [0.25, 0.3) is 0 Å². The Labute approximate surface area is 102 Å². The van der Waals surface area contributed by atoms with Crippen molar-refractivity contribution in [1.29, 1.82) is 0 Å². The van der Waals surface area contributed by atoms with Crippen LogP contribution in [0.5, 0.6) is 0 Å². The lowest BCUT2D eigenvalue weighted by Gasteiger charge is -2.05. The molecular formula is C12H11BrFNO. The first-order valence-electron chi connectivity index (χ1n) is 4.93. The zero-order chi connectivity index (χ0) is 11.4. The van der Waals surface area contributed by atoms with Gasteiger partial charge in [0.15, 0.2) is 0 Å². The monoisotopic (exact) mass is 283 g/mol. The molecule has 0 radical (unpaired) electrons. The van der Waals surface area contributed by atoms with Crippen molar-refractivity contribution in [3.63, 3.8) is 0 Å². The van der Waals surface area contributed by atoms with Crippen LogP contribution < -0.4 is 5.32 Å². The summed E-state index contributed by atoms with van der Waals surface area (Å²) in [5, 5.41) is 3.12. The third-order valence-corrected chi connectivity index (χ3v) is 2.70. The molecule has 0 saturated carbocycles. The molecule has 0 aliphatic rings. The van der Waals surface area contributed by atoms with Gasteiger partial charge in [-0.15, -0.1) is 0 Å². The predicted molar refractivity (Wildman–Crippen MR) is 63.4 cm³/mol. The van der Waals surface area contributed by atoms with Crippen molar-refractivity contribution in [3.8, 4) is 0 Å². The molecular weight excluding hydrogens is 273 g/mol. The van der Waals surface area contributed by atoms with Crippen molar-refractivity contribution >= 4 is 15.9 Å². The quantitative estimate of drug-likeness (QED) is 0.930. The number of hydrogen-bond acceptors (Lipinski definition) is 2. The average Bonchev–Trinajstić information content (AvgIpc) is 2.76. The molecule has 2 aromatic rings. The van der Waals surface area contributed by atoms with Gasteiger partial charge in [0.05, 0.1) is 12.8 Å². The maximum atomic E-state index is 13.4. The molecule has 0 spiro atoms. The molecule has 0 atom stereocenters. The van der Waals surface area contributed by atoms with Gasteiger partial charge in [0.25, 0.3) is 0 Å². The second kappa shape index (κ2) is 5.27. The molecule has 0 unspecified atom stereocenters. The van der Waals surface area contributed by atoms with Crippen LogP contribution in [-0.2, 0) is 13.1 Å². The summed E-state index contributed by atoms with van der Waals surface area (Å²) in [6, 6.07) is 8.62. The van der Waals surface area contributed by atoms with Crippen molar-refractivity contribution in [2.75, 3.05) is 0 Å². The van der Waals surface area contributed by atoms with E-state index in [0.717, 1.165) is 10.2 Å². The van der Waals surface area contributed by atoms with Crippen molar-refractivity contribution in [2.45, 2.75) is 13.1 Å². The molecule has 16 heavy (non-hydrogen) atoms. The van der Waals surface area contributed by atoms with Crippen LogP contribution in [0.4, 0.5) is 4.39 Å². The fraction of sp³-hybridized carbons (Fsp3) is 0.167. The summed E-state index contributed by atoms with van der Waals surface area (Å²) in [5.41, 5.74) is 0.640. The lowest BCUT2D eigenvalue weighted by Crippen LogP contribution is -2.13. The molecule has 1 N–H and O–H groups in total. The van der Waals surface area contributed by atoms with E-state index in [1.165, 1.54) is 6.07 Å². The lowest BCUT2D eigenvalue weighted by molar-refractivity contribution is 0.479. The minimum atomic E-state index is -0.199. The normalized spacial score (nSPS) is 10.6. The standard InChI is InChI=1S/C12H11BrFNO/c13-10-3-4-12(14)9(6-10)7-15-8-11-2-1-5-16-11/h1-6,15H,7-8H2. The van der Waals surface area contributed by atoms with Gasteiger partial charge in [0, 0.05) is 16.6 Å². The van der Waals surface area contributed by atoms with Crippen molar-refractivity contribution in [2.24, 2.45) is 0 Å². The molecule has 0 aliphatic carbocycles. The van der Waals surface area contributed by atoms with E-state index in [1.54, 1.807) is 18.4 Å². The molecule has 0 bridgehead atoms. The van der Waals surface area contributed by atoms with E-state index in [9.17, 15) is 4.39 Å². The van der Waals surface area contributed by atoms with Crippen molar-refractivity contribution < 1.29 is 8.81 Å². The molecule has 2 rings (SSSR count). The van der Waals surface area contributed by atoms with E-state index < -0.39 is 0 Å². The van der Waals surface area contributed by atoms with Crippen LogP contribution >= 0.6 is 15.9 Å². The first-order valence-corrected chi connectivity index (χ1v) is 5.72. The van der Waals surface area contributed by atoms with Gasteiger partial charge in [0.2, 0.25) is 0 Å². The molecule has 4 heteroatoms. The third-order valence-electron chi connectivity index (χ3n) is 2.20. The predicted octanol–water partition coefficient (Wildman–Crippen LogP) is 3.47. The summed E-state index contributed by atoms with van der Waals surface area (Å²) in [6.07, 6.45) is 1.62. The number of halogens is 2. The van der Waals surface area contributed by atoms with E-state index in [2.05, 4.69) is 21.2 Å². The Kier molecular flexibility index (Phi) is 3.74. The highest BCUT2D eigenvalue weighted by molar-refractivity contribution is 9.10. The number of benzene rings is 1. The second-order valence-electron chi connectivity index (χ2n) is 3.42. The summed E-state index contributed by atoms with van der Waals surface area (Å²) < 4.78 is 19.4. The number of hydrogen-bond donors (Lipinski definition) is 1. The SMILES string of the molecule is Fc1ccc(Br)cc1CNCc1ccco1. The van der Waals surface area contributed by atoms with Crippen LogP contribution in [-0.4, -0.2) is 0 Å². The van der Waals surface area contributed by atoms with Gasteiger partial charge in [0.1, 0.15) is 11.6 Å². The summed E-state index contributed by atoms with van der Waals surface area (Å²) >= 11 is 3.31. The molecule has 1 aromatic carbocycles. The zero-order valence-electron chi connectivity index (χ0n) is 8.54. The van der Waals surface area contributed by atoms with E-state index in [4.69, 9.17) is 4.42 Å². The van der Waals surface area contributed by atoms with Crippen LogP contribution in [0, 0.1) is 5.82 Å². The Bertz CT molecular complexity index is 456. The Morgan fingerprint density at radius 2 is 2.12 bits per heavy atom. The van der Waals surface area contributed by atoms with E-state index >= 15 is 0 Å². The van der Waals surface area contributed by atoms with E-state index in [1.807, 2.05) is 12.1 Å². The van der Waals surface area contributed by atoms with Crippen LogP contribution in [0.2, 0.25) is 0 Å². The molecule has 0 amide bonds. The largest absolute Gasteiger partial charge is 0.468 e. The van der Waals surface area contributed by atoms with Crippen molar-refractivity contribution in [1.82, 2.24) is 5.32 Å². The fourth-order valence-electron chi connectivity index (χ4n) is 1.41. The first kappa shape index (κ1) is 11.4. The minimum Gasteiger partial charge on any atom is -0.468 e. The smallest absolute Gasteiger partial charge is 0.127 e. The van der Waals surface area contributed by atoms with E-state index in [-0.39, 0.29) is 5.82 Å². The van der Waals surface area contributed by atoms with E-state index in [0.29, 0.717) is 18.7 Å². The summed E-state index contributed by atoms with van der Waals surface area (Å²) in [6.45, 7) is 1.07. The molecule has 0 saturated heterocycles. The third kappa shape index (κ3) is 2.93. The number of furan rings is 1. The highest BCUT2D eigenvalue weighted by Crippen LogP contribution is 2.15. The Hall–Kier alpha value is -1.13. The summed E-state index contributed by atoms with van der Waals surface area (Å²) in [7, 11) is 0. The van der Waals surface area contributed by atoms with Gasteiger partial charge in [-0.3, -0.25) is 0 Å². The number of nitrogens with one attached hydrogen (secondary N) is 1. The van der Waals surface area contributed by atoms with Crippen LogP contribution in [0.15, 0.2) is 45.5 Å². The van der Waals surface area contributed by atoms with Gasteiger partial charge in [-0.05, 0) is 30.3 Å².